The quantitative estimate of drug-likeness (QED) is 0.555. The first-order valence-corrected chi connectivity index (χ1v) is 4.26. The highest BCUT2D eigenvalue weighted by Crippen LogP contribution is 2.15. The summed E-state index contributed by atoms with van der Waals surface area (Å²) in [5.41, 5.74) is 5.52. The molecule has 5 nitrogen and oxygen atoms in total. The smallest absolute Gasteiger partial charge is 0.322 e. The molecule has 0 spiro atoms. The van der Waals surface area contributed by atoms with Crippen molar-refractivity contribution in [2.45, 2.75) is 18.9 Å². The maximum absolute atomic E-state index is 11.1. The first-order valence-electron chi connectivity index (χ1n) is 4.26. The number of carbonyl (C=O) groups excluding carboxylic acids is 2. The second-order valence-electron chi connectivity index (χ2n) is 3.14. The van der Waals surface area contributed by atoms with Crippen molar-refractivity contribution in [3.05, 3.63) is 0 Å². The van der Waals surface area contributed by atoms with Crippen molar-refractivity contribution in [2.24, 2.45) is 11.7 Å². The van der Waals surface area contributed by atoms with Gasteiger partial charge in [-0.05, 0) is 12.8 Å². The van der Waals surface area contributed by atoms with Gasteiger partial charge in [-0.25, -0.2) is 0 Å². The van der Waals surface area contributed by atoms with Gasteiger partial charge in [-0.2, -0.15) is 0 Å². The average molecular weight is 186 g/mol. The first kappa shape index (κ1) is 9.98. The van der Waals surface area contributed by atoms with E-state index in [1.54, 1.807) is 0 Å². The molecule has 0 aromatic heterocycles. The summed E-state index contributed by atoms with van der Waals surface area (Å²) in [5, 5.41) is 2.69. The summed E-state index contributed by atoms with van der Waals surface area (Å²) in [6.45, 7) is 0.678. The molecule has 0 aliphatic carbocycles. The number of nitrogens with two attached hydrogens (primary N) is 1. The van der Waals surface area contributed by atoms with Crippen LogP contribution in [0.1, 0.15) is 12.8 Å². The summed E-state index contributed by atoms with van der Waals surface area (Å²) in [6.07, 6.45) is 1.13. The third kappa shape index (κ3) is 2.42. The van der Waals surface area contributed by atoms with E-state index in [2.05, 4.69) is 10.1 Å². The van der Waals surface area contributed by atoms with Gasteiger partial charge in [-0.3, -0.25) is 9.59 Å². The number of methoxy groups -OCH3 is 1. The minimum atomic E-state index is -0.682. The Hall–Kier alpha value is -1.10. The van der Waals surface area contributed by atoms with Crippen LogP contribution in [0.3, 0.4) is 0 Å². The van der Waals surface area contributed by atoms with E-state index in [1.165, 1.54) is 7.11 Å². The van der Waals surface area contributed by atoms with Crippen LogP contribution in [-0.2, 0) is 14.3 Å². The van der Waals surface area contributed by atoms with Crippen molar-refractivity contribution in [3.8, 4) is 0 Å². The van der Waals surface area contributed by atoms with Gasteiger partial charge in [0.25, 0.3) is 0 Å². The molecular formula is C8H14N2O3. The van der Waals surface area contributed by atoms with Crippen molar-refractivity contribution in [1.82, 2.24) is 5.32 Å². The summed E-state index contributed by atoms with van der Waals surface area (Å²) in [5.74, 6) is -0.604. The lowest BCUT2D eigenvalue weighted by Crippen LogP contribution is -2.35. The standard InChI is InChI=1S/C8H14N2O3/c1-13-8(12)6(9)4-5-2-3-10-7(5)11/h5-6H,2-4,9H2,1H3,(H,10,11)/t5-,6+/m1/s1. The third-order valence-electron chi connectivity index (χ3n) is 2.21. The highest BCUT2D eigenvalue weighted by atomic mass is 16.5. The van der Waals surface area contributed by atoms with Gasteiger partial charge in [-0.15, -0.1) is 0 Å². The second kappa shape index (κ2) is 4.23. The molecule has 2 atom stereocenters. The van der Waals surface area contributed by atoms with Gasteiger partial charge < -0.3 is 15.8 Å². The van der Waals surface area contributed by atoms with Crippen molar-refractivity contribution in [1.29, 1.82) is 0 Å². The van der Waals surface area contributed by atoms with E-state index in [4.69, 9.17) is 5.73 Å². The number of hydrogen-bond acceptors (Lipinski definition) is 4. The van der Waals surface area contributed by atoms with Gasteiger partial charge >= 0.3 is 5.97 Å². The lowest BCUT2D eigenvalue weighted by Gasteiger charge is -2.11. The molecule has 1 saturated heterocycles. The molecule has 5 heteroatoms. The minimum Gasteiger partial charge on any atom is -0.468 e. The van der Waals surface area contributed by atoms with Crippen molar-refractivity contribution >= 4 is 11.9 Å². The van der Waals surface area contributed by atoms with Crippen LogP contribution in [0, 0.1) is 5.92 Å². The Balaban J connectivity index is 2.39. The molecule has 1 fully saturated rings. The number of hydrogen-bond donors (Lipinski definition) is 2. The van der Waals surface area contributed by atoms with Gasteiger partial charge in [0.1, 0.15) is 6.04 Å². The molecule has 0 unspecified atom stereocenters. The molecule has 0 saturated carbocycles. The van der Waals surface area contributed by atoms with E-state index in [-0.39, 0.29) is 11.8 Å². The minimum absolute atomic E-state index is 0.0145. The van der Waals surface area contributed by atoms with Crippen molar-refractivity contribution < 1.29 is 14.3 Å². The fourth-order valence-corrected chi connectivity index (χ4v) is 1.42. The number of carbonyl (C=O) groups is 2. The van der Waals surface area contributed by atoms with Crippen LogP contribution in [-0.4, -0.2) is 31.6 Å². The second-order valence-corrected chi connectivity index (χ2v) is 3.14. The van der Waals surface area contributed by atoms with Crippen LogP contribution in [0.4, 0.5) is 0 Å². The molecule has 0 aromatic carbocycles. The van der Waals surface area contributed by atoms with E-state index in [0.29, 0.717) is 13.0 Å². The van der Waals surface area contributed by atoms with E-state index >= 15 is 0 Å². The van der Waals surface area contributed by atoms with Gasteiger partial charge in [0.15, 0.2) is 0 Å². The number of nitrogens with one attached hydrogen (secondary N) is 1. The zero-order valence-electron chi connectivity index (χ0n) is 7.58. The molecule has 1 amide bonds. The molecule has 1 aliphatic heterocycles. The zero-order chi connectivity index (χ0) is 9.84. The van der Waals surface area contributed by atoms with Gasteiger partial charge in [-0.1, -0.05) is 0 Å². The van der Waals surface area contributed by atoms with E-state index in [0.717, 1.165) is 6.42 Å². The predicted octanol–water partition coefficient (Wildman–Crippen LogP) is -0.987. The molecule has 0 radical (unpaired) electrons. The van der Waals surface area contributed by atoms with Gasteiger partial charge in [0.05, 0.1) is 7.11 Å². The lowest BCUT2D eigenvalue weighted by atomic mass is 9.99. The molecule has 1 heterocycles. The Kier molecular flexibility index (Phi) is 3.25. The molecule has 13 heavy (non-hydrogen) atoms. The number of esters is 1. The highest BCUT2D eigenvalue weighted by molar-refractivity contribution is 5.82. The fourth-order valence-electron chi connectivity index (χ4n) is 1.42. The normalized spacial score (nSPS) is 23.8. The maximum Gasteiger partial charge on any atom is 0.322 e. The van der Waals surface area contributed by atoms with E-state index in [9.17, 15) is 9.59 Å². The number of rotatable bonds is 3. The van der Waals surface area contributed by atoms with Crippen LogP contribution in [0.25, 0.3) is 0 Å². The highest BCUT2D eigenvalue weighted by Gasteiger charge is 2.28. The van der Waals surface area contributed by atoms with Crippen LogP contribution in [0.15, 0.2) is 0 Å². The van der Waals surface area contributed by atoms with Gasteiger partial charge in [0.2, 0.25) is 5.91 Å². The molecule has 0 bridgehead atoms. The van der Waals surface area contributed by atoms with E-state index in [1.807, 2.05) is 0 Å². The summed E-state index contributed by atoms with van der Waals surface area (Å²) in [6, 6.07) is -0.682. The van der Waals surface area contributed by atoms with Crippen LogP contribution < -0.4 is 11.1 Å². The fraction of sp³-hybridized carbons (Fsp3) is 0.750. The van der Waals surface area contributed by atoms with Crippen molar-refractivity contribution in [3.63, 3.8) is 0 Å². The SMILES string of the molecule is COC(=O)[C@@H](N)C[C@H]1CCNC1=O. The Morgan fingerprint density at radius 1 is 1.85 bits per heavy atom. The monoisotopic (exact) mass is 186 g/mol. The van der Waals surface area contributed by atoms with E-state index < -0.39 is 12.0 Å². The molecule has 1 aliphatic rings. The zero-order valence-corrected chi connectivity index (χ0v) is 7.58. The third-order valence-corrected chi connectivity index (χ3v) is 2.21. The molecular weight excluding hydrogens is 172 g/mol. The summed E-state index contributed by atoms with van der Waals surface area (Å²) < 4.78 is 4.46. The Morgan fingerprint density at radius 2 is 2.54 bits per heavy atom. The maximum atomic E-state index is 11.1. The van der Waals surface area contributed by atoms with Crippen molar-refractivity contribution in [2.75, 3.05) is 13.7 Å². The predicted molar refractivity (Wildman–Crippen MR) is 45.7 cm³/mol. The topological polar surface area (TPSA) is 81.4 Å². The molecule has 1 rings (SSSR count). The number of ether oxygens (including phenoxy) is 1. The number of amides is 1. The molecule has 0 aromatic rings. The Morgan fingerprint density at radius 3 is 3.00 bits per heavy atom. The van der Waals surface area contributed by atoms with Crippen LogP contribution in [0.2, 0.25) is 0 Å². The Labute approximate surface area is 76.6 Å². The summed E-state index contributed by atoms with van der Waals surface area (Å²) in [7, 11) is 1.29. The van der Waals surface area contributed by atoms with Crippen LogP contribution >= 0.6 is 0 Å². The van der Waals surface area contributed by atoms with Crippen LogP contribution in [0.5, 0.6) is 0 Å². The summed E-state index contributed by atoms with van der Waals surface area (Å²) in [4.78, 5) is 22.0. The first-order chi connectivity index (χ1) is 6.15. The largest absolute Gasteiger partial charge is 0.468 e. The molecule has 74 valence electrons. The average Bonchev–Trinajstić information content (AvgIpc) is 2.50. The lowest BCUT2D eigenvalue weighted by molar-refractivity contribution is -0.142. The Bertz CT molecular complexity index is 217. The summed E-state index contributed by atoms with van der Waals surface area (Å²) >= 11 is 0. The molecule has 3 N–H and O–H groups in total. The van der Waals surface area contributed by atoms with Gasteiger partial charge in [0, 0.05) is 12.5 Å².